The van der Waals surface area contributed by atoms with E-state index in [0.717, 1.165) is 30.8 Å². The number of nitrogens with zero attached hydrogens (tertiary/aromatic N) is 2. The van der Waals surface area contributed by atoms with Gasteiger partial charge in [-0.1, -0.05) is 20.8 Å². The smallest absolute Gasteiger partial charge is 0.343 e. The molecule has 0 aliphatic carbocycles. The fourth-order valence-corrected chi connectivity index (χ4v) is 3.56. The molecule has 1 N–H and O–H groups in total. The summed E-state index contributed by atoms with van der Waals surface area (Å²) in [6.07, 6.45) is 3.66. The lowest BCUT2D eigenvalue weighted by Crippen LogP contribution is -2.41. The third kappa shape index (κ3) is 4.93. The SMILES string of the molecule is Cc1s/c(=N\C(=O)N[C@@H](C)C(C)(C)C)n(CC2CCCCO2)c1C. The summed E-state index contributed by atoms with van der Waals surface area (Å²) in [4.78, 5) is 18.6. The maximum absolute atomic E-state index is 12.3. The molecule has 0 radical (unpaired) electrons. The van der Waals surface area contributed by atoms with Gasteiger partial charge in [-0.05, 0) is 45.4 Å². The van der Waals surface area contributed by atoms with E-state index in [2.05, 4.69) is 49.5 Å². The Bertz CT molecular complexity index is 634. The van der Waals surface area contributed by atoms with Crippen LogP contribution in [0.15, 0.2) is 4.99 Å². The highest BCUT2D eigenvalue weighted by molar-refractivity contribution is 7.09. The Morgan fingerprint density at radius 3 is 2.71 bits per heavy atom. The van der Waals surface area contributed by atoms with Gasteiger partial charge in [0.2, 0.25) is 0 Å². The quantitative estimate of drug-likeness (QED) is 0.899. The lowest BCUT2D eigenvalue weighted by molar-refractivity contribution is 0.00525. The van der Waals surface area contributed by atoms with Crippen molar-refractivity contribution in [2.75, 3.05) is 6.61 Å². The van der Waals surface area contributed by atoms with Crippen molar-refractivity contribution in [1.29, 1.82) is 0 Å². The first-order valence-electron chi connectivity index (χ1n) is 8.82. The lowest BCUT2D eigenvalue weighted by atomic mass is 9.88. The number of aromatic nitrogens is 1. The number of amides is 2. The lowest BCUT2D eigenvalue weighted by Gasteiger charge is -2.27. The van der Waals surface area contributed by atoms with Crippen molar-refractivity contribution in [3.05, 3.63) is 15.4 Å². The second kappa shape index (κ2) is 7.83. The van der Waals surface area contributed by atoms with Gasteiger partial charge < -0.3 is 14.6 Å². The van der Waals surface area contributed by atoms with Gasteiger partial charge in [0.25, 0.3) is 0 Å². The van der Waals surface area contributed by atoms with Gasteiger partial charge in [-0.15, -0.1) is 11.3 Å². The Balaban J connectivity index is 2.19. The molecule has 136 valence electrons. The molecule has 5 nitrogen and oxygen atoms in total. The number of carbonyl (C=O) groups is 1. The van der Waals surface area contributed by atoms with Crippen molar-refractivity contribution < 1.29 is 9.53 Å². The van der Waals surface area contributed by atoms with Crippen LogP contribution < -0.4 is 10.1 Å². The number of nitrogens with one attached hydrogen (secondary N) is 1. The van der Waals surface area contributed by atoms with Crippen LogP contribution in [0.2, 0.25) is 0 Å². The molecule has 2 rings (SSSR count). The molecule has 1 unspecified atom stereocenters. The molecule has 0 bridgehead atoms. The Hall–Kier alpha value is -1.14. The van der Waals surface area contributed by atoms with E-state index >= 15 is 0 Å². The second-order valence-electron chi connectivity index (χ2n) is 7.77. The summed E-state index contributed by atoms with van der Waals surface area (Å²) in [5, 5.41) is 2.98. The average molecular weight is 354 g/mol. The topological polar surface area (TPSA) is 55.6 Å². The molecule has 1 saturated heterocycles. The first-order valence-corrected chi connectivity index (χ1v) is 9.64. The Morgan fingerprint density at radius 2 is 2.12 bits per heavy atom. The number of hydrogen-bond acceptors (Lipinski definition) is 3. The van der Waals surface area contributed by atoms with E-state index in [-0.39, 0.29) is 23.6 Å². The largest absolute Gasteiger partial charge is 0.376 e. The van der Waals surface area contributed by atoms with E-state index in [0.29, 0.717) is 0 Å². The van der Waals surface area contributed by atoms with E-state index in [1.807, 2.05) is 6.92 Å². The molecule has 1 aromatic heterocycles. The fraction of sp³-hybridized carbons (Fsp3) is 0.778. The third-order valence-electron chi connectivity index (χ3n) is 4.89. The molecule has 2 amide bonds. The predicted molar refractivity (Wildman–Crippen MR) is 98.4 cm³/mol. The van der Waals surface area contributed by atoms with Crippen LogP contribution in [-0.4, -0.2) is 29.4 Å². The summed E-state index contributed by atoms with van der Waals surface area (Å²) in [6, 6.07) is -0.206. The average Bonchev–Trinajstić information content (AvgIpc) is 2.75. The van der Waals surface area contributed by atoms with E-state index in [9.17, 15) is 4.79 Å². The number of aryl methyl sites for hydroxylation is 1. The van der Waals surface area contributed by atoms with Crippen molar-refractivity contribution in [2.24, 2.45) is 10.4 Å². The summed E-state index contributed by atoms with van der Waals surface area (Å²) >= 11 is 1.57. The molecule has 24 heavy (non-hydrogen) atoms. The highest BCUT2D eigenvalue weighted by Crippen LogP contribution is 2.19. The monoisotopic (exact) mass is 353 g/mol. The predicted octanol–water partition coefficient (Wildman–Crippen LogP) is 3.78. The second-order valence-corrected chi connectivity index (χ2v) is 8.96. The zero-order valence-corrected chi connectivity index (χ0v) is 16.6. The molecule has 1 aliphatic rings. The van der Waals surface area contributed by atoms with Gasteiger partial charge in [0.1, 0.15) is 0 Å². The summed E-state index contributed by atoms with van der Waals surface area (Å²) in [6.45, 7) is 14.1. The van der Waals surface area contributed by atoms with Crippen LogP contribution in [0.25, 0.3) is 0 Å². The van der Waals surface area contributed by atoms with Crippen molar-refractivity contribution in [2.45, 2.75) is 79.5 Å². The van der Waals surface area contributed by atoms with Crippen LogP contribution in [-0.2, 0) is 11.3 Å². The number of carbonyl (C=O) groups excluding carboxylic acids is 1. The molecule has 2 heterocycles. The third-order valence-corrected chi connectivity index (χ3v) is 5.98. The van der Waals surface area contributed by atoms with Crippen molar-refractivity contribution in [3.63, 3.8) is 0 Å². The normalized spacial score (nSPS) is 20.9. The Kier molecular flexibility index (Phi) is 6.26. The fourth-order valence-electron chi connectivity index (χ4n) is 2.57. The number of rotatable bonds is 3. The minimum Gasteiger partial charge on any atom is -0.376 e. The molecular formula is C18H31N3O2S. The Labute approximate surface area is 149 Å². The minimum absolute atomic E-state index is 0.0123. The van der Waals surface area contributed by atoms with Crippen LogP contribution in [0.5, 0.6) is 0 Å². The van der Waals surface area contributed by atoms with Gasteiger partial charge >= 0.3 is 6.03 Å². The molecule has 0 saturated carbocycles. The first kappa shape index (κ1) is 19.2. The number of ether oxygens (including phenoxy) is 1. The maximum atomic E-state index is 12.3. The summed E-state index contributed by atoms with van der Waals surface area (Å²) in [7, 11) is 0. The number of urea groups is 1. The van der Waals surface area contributed by atoms with Crippen molar-refractivity contribution in [1.82, 2.24) is 9.88 Å². The van der Waals surface area contributed by atoms with Gasteiger partial charge in [-0.25, -0.2) is 4.79 Å². The van der Waals surface area contributed by atoms with Gasteiger partial charge in [-0.3, -0.25) is 0 Å². The van der Waals surface area contributed by atoms with Crippen LogP contribution in [0, 0.1) is 19.3 Å². The van der Waals surface area contributed by atoms with Gasteiger partial charge in [0.05, 0.1) is 12.6 Å². The van der Waals surface area contributed by atoms with Gasteiger partial charge in [0, 0.05) is 23.2 Å². The first-order chi connectivity index (χ1) is 11.2. The summed E-state index contributed by atoms with van der Waals surface area (Å²) < 4.78 is 7.99. The van der Waals surface area contributed by atoms with Crippen LogP contribution in [0.1, 0.15) is 57.5 Å². The van der Waals surface area contributed by atoms with Crippen LogP contribution in [0.4, 0.5) is 4.79 Å². The number of thiazole rings is 1. The van der Waals surface area contributed by atoms with Crippen molar-refractivity contribution >= 4 is 17.4 Å². The van der Waals surface area contributed by atoms with E-state index in [1.54, 1.807) is 11.3 Å². The zero-order valence-electron chi connectivity index (χ0n) is 15.8. The van der Waals surface area contributed by atoms with Crippen molar-refractivity contribution in [3.8, 4) is 0 Å². The van der Waals surface area contributed by atoms with E-state index < -0.39 is 0 Å². The zero-order chi connectivity index (χ0) is 17.9. The summed E-state index contributed by atoms with van der Waals surface area (Å²) in [5.41, 5.74) is 1.18. The van der Waals surface area contributed by atoms with Gasteiger partial charge in [-0.2, -0.15) is 4.99 Å². The molecule has 0 spiro atoms. The van der Waals surface area contributed by atoms with Crippen LogP contribution >= 0.6 is 11.3 Å². The summed E-state index contributed by atoms with van der Waals surface area (Å²) in [5.74, 6) is 0. The van der Waals surface area contributed by atoms with Gasteiger partial charge in [0.15, 0.2) is 4.80 Å². The molecular weight excluding hydrogens is 322 g/mol. The highest BCUT2D eigenvalue weighted by atomic mass is 32.1. The maximum Gasteiger partial charge on any atom is 0.343 e. The van der Waals surface area contributed by atoms with E-state index in [1.165, 1.54) is 17.0 Å². The minimum atomic E-state index is -0.267. The molecule has 2 atom stereocenters. The van der Waals surface area contributed by atoms with E-state index in [4.69, 9.17) is 4.74 Å². The standard InChI is InChI=1S/C18H31N3O2S/c1-12-13(2)24-17(20-16(22)19-14(3)18(4,5)6)21(12)11-15-9-7-8-10-23-15/h14-15H,7-11H2,1-6H3,(H,19,22)/b20-17-/t14-,15?/m0/s1. The molecule has 1 aromatic rings. The Morgan fingerprint density at radius 1 is 1.42 bits per heavy atom. The molecule has 0 aromatic carbocycles. The van der Waals surface area contributed by atoms with Crippen LogP contribution in [0.3, 0.4) is 0 Å². The molecule has 6 heteroatoms. The molecule has 1 fully saturated rings. The number of hydrogen-bond donors (Lipinski definition) is 1. The molecule has 1 aliphatic heterocycles. The highest BCUT2D eigenvalue weighted by Gasteiger charge is 2.22.